The molecule has 0 bridgehead atoms. The van der Waals surface area contributed by atoms with Crippen LogP contribution >= 0.6 is 0 Å². The van der Waals surface area contributed by atoms with E-state index in [1.54, 1.807) is 0 Å². The summed E-state index contributed by atoms with van der Waals surface area (Å²) in [5.41, 5.74) is 3.52. The second-order valence-corrected chi connectivity index (χ2v) is 7.44. The van der Waals surface area contributed by atoms with Crippen LogP contribution in [0.25, 0.3) is 5.65 Å². The number of hydrogen-bond acceptors (Lipinski definition) is 4. The van der Waals surface area contributed by atoms with E-state index in [-0.39, 0.29) is 0 Å². The summed E-state index contributed by atoms with van der Waals surface area (Å²) in [4.78, 5) is 9.29. The van der Waals surface area contributed by atoms with E-state index in [9.17, 15) is 0 Å². The molecule has 7 nitrogen and oxygen atoms in total. The summed E-state index contributed by atoms with van der Waals surface area (Å²) in [5, 5.41) is 12.0. The van der Waals surface area contributed by atoms with E-state index in [2.05, 4.69) is 65.9 Å². The van der Waals surface area contributed by atoms with Crippen molar-refractivity contribution in [3.05, 3.63) is 60.0 Å². The second kappa shape index (κ2) is 8.94. The van der Waals surface area contributed by atoms with Gasteiger partial charge >= 0.3 is 0 Å². The molecule has 1 saturated heterocycles. The molecule has 0 amide bonds. The van der Waals surface area contributed by atoms with Gasteiger partial charge in [-0.05, 0) is 43.2 Å². The summed E-state index contributed by atoms with van der Waals surface area (Å²) < 4.78 is 2.05. The quantitative estimate of drug-likeness (QED) is 0.411. The summed E-state index contributed by atoms with van der Waals surface area (Å²) in [6.07, 6.45) is 3.89. The molecule has 1 aliphatic heterocycles. The molecule has 3 aromatic rings. The van der Waals surface area contributed by atoms with Gasteiger partial charge in [0.05, 0.1) is 0 Å². The smallest absolute Gasteiger partial charge is 0.193 e. The lowest BCUT2D eigenvalue weighted by atomic mass is 10.2. The van der Waals surface area contributed by atoms with Crippen molar-refractivity contribution in [2.24, 2.45) is 4.99 Å². The van der Waals surface area contributed by atoms with Gasteiger partial charge in [-0.3, -0.25) is 9.39 Å². The van der Waals surface area contributed by atoms with Gasteiger partial charge in [0, 0.05) is 58.1 Å². The first-order chi connectivity index (χ1) is 14.2. The average Bonchev–Trinajstić information content (AvgIpc) is 3.17. The molecule has 0 saturated carbocycles. The molecule has 29 heavy (non-hydrogen) atoms. The lowest BCUT2D eigenvalue weighted by molar-refractivity contribution is 0.372. The van der Waals surface area contributed by atoms with Crippen LogP contribution in [0.2, 0.25) is 0 Å². The Kier molecular flexibility index (Phi) is 5.93. The van der Waals surface area contributed by atoms with E-state index in [0.29, 0.717) is 0 Å². The number of aliphatic imine (C=N–C) groups is 1. The standard InChI is InChI=1S/C22H29N7/c1-18-7-5-8-19(17-18)27-13-15-28(16-14-27)22(23-2)24-11-6-10-21-26-25-20-9-3-4-12-29(20)21/h3-5,7-9,12,17H,6,10-11,13-16H2,1-2H3,(H,23,24). The van der Waals surface area contributed by atoms with Crippen LogP contribution in [0.5, 0.6) is 0 Å². The van der Waals surface area contributed by atoms with Crippen molar-refractivity contribution in [1.82, 2.24) is 24.8 Å². The second-order valence-electron chi connectivity index (χ2n) is 7.44. The van der Waals surface area contributed by atoms with E-state index < -0.39 is 0 Å². The number of piperazine rings is 1. The molecular formula is C22H29N7. The Morgan fingerprint density at radius 3 is 2.72 bits per heavy atom. The highest BCUT2D eigenvalue weighted by Gasteiger charge is 2.19. The molecule has 4 rings (SSSR count). The normalized spacial score (nSPS) is 15.2. The monoisotopic (exact) mass is 391 g/mol. The first-order valence-electron chi connectivity index (χ1n) is 10.3. The predicted molar refractivity (Wildman–Crippen MR) is 118 cm³/mol. The zero-order chi connectivity index (χ0) is 20.1. The van der Waals surface area contributed by atoms with Gasteiger partial charge in [0.15, 0.2) is 11.6 Å². The fourth-order valence-corrected chi connectivity index (χ4v) is 3.84. The highest BCUT2D eigenvalue weighted by atomic mass is 15.3. The third-order valence-electron chi connectivity index (χ3n) is 5.40. The Labute approximate surface area is 172 Å². The highest BCUT2D eigenvalue weighted by Crippen LogP contribution is 2.17. The Hall–Kier alpha value is -3.09. The molecule has 0 radical (unpaired) electrons. The summed E-state index contributed by atoms with van der Waals surface area (Å²) in [6.45, 7) is 6.98. The van der Waals surface area contributed by atoms with Gasteiger partial charge in [0.2, 0.25) is 0 Å². The SMILES string of the molecule is CN=C(NCCCc1nnc2ccccn12)N1CCN(c2cccc(C)c2)CC1. The molecule has 0 atom stereocenters. The van der Waals surface area contributed by atoms with Gasteiger partial charge in [-0.15, -0.1) is 10.2 Å². The first kappa shape index (κ1) is 19.2. The van der Waals surface area contributed by atoms with Crippen molar-refractivity contribution in [3.63, 3.8) is 0 Å². The fourth-order valence-electron chi connectivity index (χ4n) is 3.84. The maximum atomic E-state index is 4.49. The van der Waals surface area contributed by atoms with Crippen molar-refractivity contribution in [3.8, 4) is 0 Å². The number of aryl methyl sites for hydroxylation is 2. The van der Waals surface area contributed by atoms with Crippen LogP contribution in [-0.2, 0) is 6.42 Å². The van der Waals surface area contributed by atoms with E-state index in [4.69, 9.17) is 0 Å². The Bertz CT molecular complexity index is 970. The molecule has 1 aliphatic rings. The first-order valence-corrected chi connectivity index (χ1v) is 10.3. The predicted octanol–water partition coefficient (Wildman–Crippen LogP) is 2.37. The van der Waals surface area contributed by atoms with Crippen molar-refractivity contribution in [2.45, 2.75) is 19.8 Å². The topological polar surface area (TPSA) is 61.1 Å². The van der Waals surface area contributed by atoms with Crippen LogP contribution in [0.3, 0.4) is 0 Å². The van der Waals surface area contributed by atoms with E-state index >= 15 is 0 Å². The number of nitrogens with one attached hydrogen (secondary N) is 1. The molecule has 1 N–H and O–H groups in total. The van der Waals surface area contributed by atoms with Gasteiger partial charge in [-0.1, -0.05) is 18.2 Å². The van der Waals surface area contributed by atoms with Crippen LogP contribution in [-0.4, -0.2) is 65.2 Å². The van der Waals surface area contributed by atoms with Gasteiger partial charge in [-0.2, -0.15) is 0 Å². The number of hydrogen-bond donors (Lipinski definition) is 1. The number of anilines is 1. The molecule has 0 unspecified atom stereocenters. The number of rotatable bonds is 5. The van der Waals surface area contributed by atoms with Gasteiger partial charge in [0.1, 0.15) is 5.82 Å². The summed E-state index contributed by atoms with van der Waals surface area (Å²) in [5.74, 6) is 1.99. The van der Waals surface area contributed by atoms with E-state index in [1.165, 1.54) is 11.3 Å². The van der Waals surface area contributed by atoms with Gasteiger partial charge in [0.25, 0.3) is 0 Å². The fraction of sp³-hybridized carbons (Fsp3) is 0.409. The molecule has 0 aliphatic carbocycles. The Morgan fingerprint density at radius 2 is 1.93 bits per heavy atom. The highest BCUT2D eigenvalue weighted by molar-refractivity contribution is 5.80. The zero-order valence-corrected chi connectivity index (χ0v) is 17.3. The maximum Gasteiger partial charge on any atom is 0.193 e. The van der Waals surface area contributed by atoms with Crippen molar-refractivity contribution in [2.75, 3.05) is 44.7 Å². The third kappa shape index (κ3) is 4.50. The molecule has 152 valence electrons. The number of nitrogens with zero attached hydrogens (tertiary/aromatic N) is 6. The van der Waals surface area contributed by atoms with Gasteiger partial charge in [-0.25, -0.2) is 0 Å². The van der Waals surface area contributed by atoms with Crippen molar-refractivity contribution < 1.29 is 0 Å². The number of aromatic nitrogens is 3. The minimum absolute atomic E-state index is 0.868. The summed E-state index contributed by atoms with van der Waals surface area (Å²) >= 11 is 0. The Balaban J connectivity index is 1.25. The zero-order valence-electron chi connectivity index (χ0n) is 17.3. The lowest BCUT2D eigenvalue weighted by Crippen LogP contribution is -2.52. The molecule has 7 heteroatoms. The largest absolute Gasteiger partial charge is 0.368 e. The van der Waals surface area contributed by atoms with Crippen molar-refractivity contribution in [1.29, 1.82) is 0 Å². The van der Waals surface area contributed by atoms with E-state index in [1.807, 2.05) is 31.4 Å². The van der Waals surface area contributed by atoms with Crippen LogP contribution in [0.4, 0.5) is 5.69 Å². The summed E-state index contributed by atoms with van der Waals surface area (Å²) in [6, 6.07) is 14.7. The number of benzene rings is 1. The van der Waals surface area contributed by atoms with Crippen LogP contribution in [0.1, 0.15) is 17.8 Å². The Morgan fingerprint density at radius 1 is 1.07 bits per heavy atom. The summed E-state index contributed by atoms with van der Waals surface area (Å²) in [7, 11) is 1.86. The lowest BCUT2D eigenvalue weighted by Gasteiger charge is -2.37. The number of guanidine groups is 1. The molecule has 1 fully saturated rings. The van der Waals surface area contributed by atoms with Crippen LogP contribution in [0, 0.1) is 6.92 Å². The maximum absolute atomic E-state index is 4.49. The van der Waals surface area contributed by atoms with Crippen molar-refractivity contribution >= 4 is 17.3 Å². The number of pyridine rings is 1. The van der Waals surface area contributed by atoms with Gasteiger partial charge < -0.3 is 15.1 Å². The van der Waals surface area contributed by atoms with Crippen LogP contribution < -0.4 is 10.2 Å². The molecule has 2 aromatic heterocycles. The molecular weight excluding hydrogens is 362 g/mol. The molecule has 3 heterocycles. The minimum atomic E-state index is 0.868. The average molecular weight is 392 g/mol. The van der Waals surface area contributed by atoms with Crippen LogP contribution in [0.15, 0.2) is 53.7 Å². The number of fused-ring (bicyclic) bond motifs is 1. The minimum Gasteiger partial charge on any atom is -0.368 e. The molecule has 0 spiro atoms. The van der Waals surface area contributed by atoms with E-state index in [0.717, 1.165) is 63.0 Å². The third-order valence-corrected chi connectivity index (χ3v) is 5.40. The molecule has 1 aromatic carbocycles.